The van der Waals surface area contributed by atoms with E-state index in [1.807, 2.05) is 35.0 Å². The van der Waals surface area contributed by atoms with Crippen molar-refractivity contribution in [1.82, 2.24) is 0 Å². The van der Waals surface area contributed by atoms with Crippen LogP contribution in [-0.4, -0.2) is 23.5 Å². The van der Waals surface area contributed by atoms with Gasteiger partial charge in [0, 0.05) is 18.7 Å². The van der Waals surface area contributed by atoms with Gasteiger partial charge in [-0.15, -0.1) is 0 Å². The second-order valence-corrected chi connectivity index (χ2v) is 5.87. The summed E-state index contributed by atoms with van der Waals surface area (Å²) in [5.74, 6) is -1.51. The quantitative estimate of drug-likeness (QED) is 0.944. The van der Waals surface area contributed by atoms with Gasteiger partial charge in [0.2, 0.25) is 5.91 Å². The Balaban J connectivity index is 1.76. The second-order valence-electron chi connectivity index (χ2n) is 5.09. The van der Waals surface area contributed by atoms with Crippen molar-refractivity contribution >= 4 is 28.9 Å². The number of carbonyl (C=O) groups excluding carboxylic acids is 1. The smallest absolute Gasteiger partial charge is 0.312 e. The number of carbonyl (C=O) groups is 2. The molecule has 1 aromatic heterocycles. The first-order valence-corrected chi connectivity index (χ1v) is 7.74. The Morgan fingerprint density at radius 3 is 2.81 bits per heavy atom. The number of carboxylic acid groups (broad SMARTS) is 1. The molecule has 1 atom stereocenters. The molecule has 21 heavy (non-hydrogen) atoms. The molecular formula is C16H15NO3S. The number of hydrogen-bond donors (Lipinski definition) is 1. The molecule has 1 N–H and O–H groups in total. The topological polar surface area (TPSA) is 57.6 Å². The fourth-order valence-corrected chi connectivity index (χ4v) is 3.38. The molecule has 1 aliphatic rings. The van der Waals surface area contributed by atoms with Crippen molar-refractivity contribution in [1.29, 1.82) is 0 Å². The van der Waals surface area contributed by atoms with E-state index in [2.05, 4.69) is 0 Å². The molecule has 1 unspecified atom stereocenters. The molecule has 0 bridgehead atoms. The van der Waals surface area contributed by atoms with E-state index >= 15 is 0 Å². The van der Waals surface area contributed by atoms with Gasteiger partial charge in [-0.3, -0.25) is 9.59 Å². The largest absolute Gasteiger partial charge is 0.481 e. The van der Waals surface area contributed by atoms with Crippen LogP contribution in [0, 0.1) is 0 Å². The summed E-state index contributed by atoms with van der Waals surface area (Å²) in [5.41, 5.74) is 2.62. The molecule has 2 aromatic rings. The molecule has 5 heteroatoms. The van der Waals surface area contributed by atoms with E-state index in [1.54, 1.807) is 22.3 Å². The highest BCUT2D eigenvalue weighted by atomic mass is 32.1. The van der Waals surface area contributed by atoms with Crippen molar-refractivity contribution in [2.24, 2.45) is 0 Å². The molecule has 1 aromatic carbocycles. The Labute approximate surface area is 126 Å². The lowest BCUT2D eigenvalue weighted by Crippen LogP contribution is -2.31. The van der Waals surface area contributed by atoms with E-state index in [1.165, 1.54) is 0 Å². The van der Waals surface area contributed by atoms with Crippen LogP contribution in [0.3, 0.4) is 0 Å². The maximum Gasteiger partial charge on any atom is 0.312 e. The first-order chi connectivity index (χ1) is 10.2. The van der Waals surface area contributed by atoms with E-state index in [0.717, 1.165) is 16.8 Å². The molecule has 0 saturated heterocycles. The number of thiophene rings is 1. The average Bonchev–Trinajstić information content (AvgIpc) is 3.12. The number of para-hydroxylation sites is 1. The average molecular weight is 301 g/mol. The lowest BCUT2D eigenvalue weighted by Gasteiger charge is -2.17. The standard InChI is InChI=1S/C16H15NO3S/c18-15(6-5-11-7-8-21-10-11)17-9-13(16(19)20)12-3-1-2-4-14(12)17/h1-4,7-8,10,13H,5-6,9H2,(H,19,20). The summed E-state index contributed by atoms with van der Waals surface area (Å²) in [6.07, 6.45) is 1.09. The fraction of sp³-hybridized carbons (Fsp3) is 0.250. The zero-order chi connectivity index (χ0) is 14.8. The van der Waals surface area contributed by atoms with Crippen LogP contribution in [0.1, 0.15) is 23.5 Å². The number of aliphatic carboxylic acids is 1. The highest BCUT2D eigenvalue weighted by Gasteiger charge is 2.35. The summed E-state index contributed by atoms with van der Waals surface area (Å²) in [7, 11) is 0. The van der Waals surface area contributed by atoms with E-state index in [4.69, 9.17) is 0 Å². The van der Waals surface area contributed by atoms with Gasteiger partial charge in [0.1, 0.15) is 5.92 Å². The number of amides is 1. The van der Waals surface area contributed by atoms with Gasteiger partial charge >= 0.3 is 5.97 Å². The van der Waals surface area contributed by atoms with E-state index < -0.39 is 11.9 Å². The van der Waals surface area contributed by atoms with Crippen LogP contribution in [0.15, 0.2) is 41.1 Å². The maximum atomic E-state index is 12.4. The summed E-state index contributed by atoms with van der Waals surface area (Å²) < 4.78 is 0. The number of rotatable bonds is 4. The van der Waals surface area contributed by atoms with Crippen LogP contribution in [0.25, 0.3) is 0 Å². The lowest BCUT2D eigenvalue weighted by atomic mass is 10.0. The predicted octanol–water partition coefficient (Wildman–Crippen LogP) is 2.90. The number of anilines is 1. The first kappa shape index (κ1) is 13.8. The van der Waals surface area contributed by atoms with Crippen LogP contribution in [0.5, 0.6) is 0 Å². The molecule has 4 nitrogen and oxygen atoms in total. The van der Waals surface area contributed by atoms with Crippen molar-refractivity contribution in [3.05, 3.63) is 52.2 Å². The predicted molar refractivity (Wildman–Crippen MR) is 81.8 cm³/mol. The van der Waals surface area contributed by atoms with Gasteiger partial charge in [0.15, 0.2) is 0 Å². The zero-order valence-electron chi connectivity index (χ0n) is 11.4. The Hall–Kier alpha value is -2.14. The molecule has 2 heterocycles. The van der Waals surface area contributed by atoms with Gasteiger partial charge in [0.25, 0.3) is 0 Å². The molecule has 1 amide bonds. The fourth-order valence-electron chi connectivity index (χ4n) is 2.68. The highest BCUT2D eigenvalue weighted by Crippen LogP contribution is 2.36. The zero-order valence-corrected chi connectivity index (χ0v) is 12.2. The summed E-state index contributed by atoms with van der Waals surface area (Å²) in [6, 6.07) is 9.27. The van der Waals surface area contributed by atoms with Gasteiger partial charge in [-0.1, -0.05) is 18.2 Å². The van der Waals surface area contributed by atoms with Crippen LogP contribution in [0.4, 0.5) is 5.69 Å². The number of fused-ring (bicyclic) bond motifs is 1. The molecule has 108 valence electrons. The Bertz CT molecular complexity index is 666. The van der Waals surface area contributed by atoms with Crippen molar-refractivity contribution in [2.75, 3.05) is 11.4 Å². The normalized spacial score (nSPS) is 16.8. The van der Waals surface area contributed by atoms with Crippen LogP contribution in [-0.2, 0) is 16.0 Å². The van der Waals surface area contributed by atoms with Crippen molar-refractivity contribution in [3.8, 4) is 0 Å². The summed E-state index contributed by atoms with van der Waals surface area (Å²) >= 11 is 1.61. The van der Waals surface area contributed by atoms with Gasteiger partial charge < -0.3 is 10.0 Å². The van der Waals surface area contributed by atoms with E-state index in [-0.39, 0.29) is 12.5 Å². The van der Waals surface area contributed by atoms with Crippen molar-refractivity contribution in [3.63, 3.8) is 0 Å². The second kappa shape index (κ2) is 5.69. The molecule has 0 saturated carbocycles. The molecule has 0 fully saturated rings. The Morgan fingerprint density at radius 1 is 1.29 bits per heavy atom. The van der Waals surface area contributed by atoms with Crippen molar-refractivity contribution in [2.45, 2.75) is 18.8 Å². The molecule has 3 rings (SSSR count). The highest BCUT2D eigenvalue weighted by molar-refractivity contribution is 7.07. The number of nitrogens with zero attached hydrogens (tertiary/aromatic N) is 1. The number of hydrogen-bond acceptors (Lipinski definition) is 3. The molecular weight excluding hydrogens is 286 g/mol. The minimum Gasteiger partial charge on any atom is -0.481 e. The third kappa shape index (κ3) is 2.69. The maximum absolute atomic E-state index is 12.4. The van der Waals surface area contributed by atoms with Gasteiger partial charge in [-0.25, -0.2) is 0 Å². The van der Waals surface area contributed by atoms with Crippen LogP contribution >= 0.6 is 11.3 Å². The minimum absolute atomic E-state index is 0.0163. The third-order valence-electron chi connectivity index (χ3n) is 3.77. The first-order valence-electron chi connectivity index (χ1n) is 6.80. The number of aryl methyl sites for hydroxylation is 1. The summed E-state index contributed by atoms with van der Waals surface area (Å²) in [6.45, 7) is 0.233. The van der Waals surface area contributed by atoms with Gasteiger partial charge in [0.05, 0.1) is 0 Å². The lowest BCUT2D eigenvalue weighted by molar-refractivity contribution is -0.138. The number of carboxylic acids is 1. The molecule has 0 aliphatic carbocycles. The van der Waals surface area contributed by atoms with Crippen LogP contribution in [0.2, 0.25) is 0 Å². The molecule has 0 radical (unpaired) electrons. The summed E-state index contributed by atoms with van der Waals surface area (Å²) in [5, 5.41) is 13.3. The minimum atomic E-state index is -0.879. The van der Waals surface area contributed by atoms with E-state index in [0.29, 0.717) is 12.8 Å². The SMILES string of the molecule is O=C(O)C1CN(C(=O)CCc2ccsc2)c2ccccc21. The molecule has 0 spiro atoms. The Kier molecular flexibility index (Phi) is 3.75. The van der Waals surface area contributed by atoms with Gasteiger partial charge in [-0.2, -0.15) is 11.3 Å². The third-order valence-corrected chi connectivity index (χ3v) is 4.51. The monoisotopic (exact) mass is 301 g/mol. The summed E-state index contributed by atoms with van der Waals surface area (Å²) in [4.78, 5) is 25.4. The van der Waals surface area contributed by atoms with Crippen LogP contribution < -0.4 is 4.90 Å². The Morgan fingerprint density at radius 2 is 2.10 bits per heavy atom. The van der Waals surface area contributed by atoms with Crippen molar-refractivity contribution < 1.29 is 14.7 Å². The number of benzene rings is 1. The van der Waals surface area contributed by atoms with Gasteiger partial charge in [-0.05, 0) is 40.4 Å². The molecule has 1 aliphatic heterocycles. The van der Waals surface area contributed by atoms with E-state index in [9.17, 15) is 14.7 Å².